The van der Waals surface area contributed by atoms with Crippen LogP contribution in [0.1, 0.15) is 0 Å². The van der Waals surface area contributed by atoms with Gasteiger partial charge in [-0.25, -0.2) is 4.79 Å². The van der Waals surface area contributed by atoms with Crippen molar-refractivity contribution < 1.29 is 18.7 Å². The first-order valence-corrected chi connectivity index (χ1v) is 8.01. The van der Waals surface area contributed by atoms with Crippen molar-refractivity contribution in [2.75, 3.05) is 13.7 Å². The summed E-state index contributed by atoms with van der Waals surface area (Å²) < 4.78 is 14.5. The van der Waals surface area contributed by atoms with Crippen LogP contribution in [0.15, 0.2) is 24.5 Å². The van der Waals surface area contributed by atoms with E-state index in [-0.39, 0.29) is 6.61 Å². The standard InChI is InChI=1S/C10H18O4Si/c1-9(14-15(3,4)5)7-6-8-13-10(11)12-2/h6-7H,1,8H2,2-5H3/b7-6+. The van der Waals surface area contributed by atoms with Gasteiger partial charge in [-0.3, -0.25) is 0 Å². The summed E-state index contributed by atoms with van der Waals surface area (Å²) >= 11 is 0. The largest absolute Gasteiger partial charge is 0.545 e. The highest BCUT2D eigenvalue weighted by molar-refractivity contribution is 6.70. The fraction of sp³-hybridized carbons (Fsp3) is 0.500. The van der Waals surface area contributed by atoms with Gasteiger partial charge in [0.15, 0.2) is 0 Å². The second kappa shape index (κ2) is 6.29. The van der Waals surface area contributed by atoms with Gasteiger partial charge in [-0.05, 0) is 31.8 Å². The molecule has 0 aromatic heterocycles. The molecule has 0 heterocycles. The molecule has 0 aliphatic carbocycles. The Balaban J connectivity index is 3.78. The summed E-state index contributed by atoms with van der Waals surface area (Å²) in [6.45, 7) is 10.1. The number of methoxy groups -OCH3 is 1. The number of allylic oxidation sites excluding steroid dienone is 1. The molecule has 4 nitrogen and oxygen atoms in total. The van der Waals surface area contributed by atoms with Gasteiger partial charge in [-0.15, -0.1) is 0 Å². The fourth-order valence-electron chi connectivity index (χ4n) is 0.782. The summed E-state index contributed by atoms with van der Waals surface area (Å²) in [5, 5.41) is 0. The number of carbonyl (C=O) groups excluding carboxylic acids is 1. The van der Waals surface area contributed by atoms with Crippen molar-refractivity contribution >= 4 is 14.5 Å². The molecule has 0 bridgehead atoms. The minimum absolute atomic E-state index is 0.154. The first-order chi connectivity index (χ1) is 6.85. The highest BCUT2D eigenvalue weighted by atomic mass is 28.4. The Morgan fingerprint density at radius 2 is 2.00 bits per heavy atom. The fourth-order valence-corrected chi connectivity index (χ4v) is 1.64. The molecular formula is C10H18O4Si. The molecule has 0 radical (unpaired) electrons. The maximum absolute atomic E-state index is 10.6. The van der Waals surface area contributed by atoms with Crippen LogP contribution in [0, 0.1) is 0 Å². The van der Waals surface area contributed by atoms with Crippen LogP contribution in [-0.2, 0) is 13.9 Å². The van der Waals surface area contributed by atoms with Gasteiger partial charge < -0.3 is 13.9 Å². The molecule has 0 unspecified atom stereocenters. The Bertz CT molecular complexity index is 253. The van der Waals surface area contributed by atoms with Crippen molar-refractivity contribution in [1.29, 1.82) is 0 Å². The summed E-state index contributed by atoms with van der Waals surface area (Å²) in [5.74, 6) is 0.586. The number of ether oxygens (including phenoxy) is 2. The molecule has 0 amide bonds. The van der Waals surface area contributed by atoms with Crippen LogP contribution < -0.4 is 0 Å². The Hall–Kier alpha value is -1.23. The third-order valence-electron chi connectivity index (χ3n) is 1.21. The predicted molar refractivity (Wildman–Crippen MR) is 61.1 cm³/mol. The van der Waals surface area contributed by atoms with Crippen molar-refractivity contribution in [2.24, 2.45) is 0 Å². The van der Waals surface area contributed by atoms with Crippen molar-refractivity contribution in [2.45, 2.75) is 19.6 Å². The zero-order chi connectivity index (χ0) is 11.9. The van der Waals surface area contributed by atoms with Crippen LogP contribution in [0.25, 0.3) is 0 Å². The van der Waals surface area contributed by atoms with E-state index in [1.807, 2.05) is 0 Å². The normalized spacial score (nSPS) is 11.2. The van der Waals surface area contributed by atoms with E-state index in [1.165, 1.54) is 7.11 Å². The summed E-state index contributed by atoms with van der Waals surface area (Å²) in [6, 6.07) is 0. The average Bonchev–Trinajstić information content (AvgIpc) is 2.09. The minimum atomic E-state index is -1.59. The molecule has 5 heteroatoms. The van der Waals surface area contributed by atoms with E-state index in [0.29, 0.717) is 5.76 Å². The van der Waals surface area contributed by atoms with E-state index in [4.69, 9.17) is 4.43 Å². The van der Waals surface area contributed by atoms with E-state index < -0.39 is 14.5 Å². The van der Waals surface area contributed by atoms with E-state index in [2.05, 4.69) is 35.7 Å². The van der Waals surface area contributed by atoms with Gasteiger partial charge in [0.2, 0.25) is 8.32 Å². The lowest BCUT2D eigenvalue weighted by molar-refractivity contribution is 0.0817. The average molecular weight is 230 g/mol. The van der Waals surface area contributed by atoms with Gasteiger partial charge in [0, 0.05) is 0 Å². The summed E-state index contributed by atoms with van der Waals surface area (Å²) in [7, 11) is -0.329. The van der Waals surface area contributed by atoms with Gasteiger partial charge in [-0.1, -0.05) is 6.58 Å². The third kappa shape index (κ3) is 9.08. The van der Waals surface area contributed by atoms with Gasteiger partial charge in [0.1, 0.15) is 6.61 Å². The number of hydrogen-bond donors (Lipinski definition) is 0. The molecule has 0 aliphatic heterocycles. The zero-order valence-electron chi connectivity index (χ0n) is 9.70. The van der Waals surface area contributed by atoms with Gasteiger partial charge in [0.05, 0.1) is 12.9 Å². The van der Waals surface area contributed by atoms with Crippen LogP contribution in [0.5, 0.6) is 0 Å². The van der Waals surface area contributed by atoms with E-state index >= 15 is 0 Å². The monoisotopic (exact) mass is 230 g/mol. The number of carbonyl (C=O) groups is 1. The van der Waals surface area contributed by atoms with E-state index in [1.54, 1.807) is 12.2 Å². The van der Waals surface area contributed by atoms with Crippen molar-refractivity contribution in [3.8, 4) is 0 Å². The minimum Gasteiger partial charge on any atom is -0.545 e. The number of hydrogen-bond acceptors (Lipinski definition) is 4. The molecule has 0 spiro atoms. The molecular weight excluding hydrogens is 212 g/mol. The Labute approximate surface area is 91.7 Å². The Morgan fingerprint density at radius 1 is 1.40 bits per heavy atom. The summed E-state index contributed by atoms with van der Waals surface area (Å²) in [5.41, 5.74) is 0. The molecule has 0 aliphatic rings. The van der Waals surface area contributed by atoms with Crippen LogP contribution in [0.4, 0.5) is 4.79 Å². The quantitative estimate of drug-likeness (QED) is 0.315. The molecule has 0 rings (SSSR count). The molecule has 15 heavy (non-hydrogen) atoms. The second-order valence-corrected chi connectivity index (χ2v) is 8.28. The highest BCUT2D eigenvalue weighted by Gasteiger charge is 2.15. The van der Waals surface area contributed by atoms with E-state index in [0.717, 1.165) is 0 Å². The molecule has 0 aromatic carbocycles. The Morgan fingerprint density at radius 3 is 2.47 bits per heavy atom. The SMILES string of the molecule is C=C(/C=C/COC(=O)OC)O[Si](C)(C)C. The first-order valence-electron chi connectivity index (χ1n) is 4.60. The molecule has 0 saturated heterocycles. The van der Waals surface area contributed by atoms with Gasteiger partial charge in [-0.2, -0.15) is 0 Å². The maximum Gasteiger partial charge on any atom is 0.508 e. The highest BCUT2D eigenvalue weighted by Crippen LogP contribution is 2.09. The predicted octanol–water partition coefficient (Wildman–Crippen LogP) is 2.69. The maximum atomic E-state index is 10.6. The lowest BCUT2D eigenvalue weighted by atomic mass is 10.5. The lowest BCUT2D eigenvalue weighted by Crippen LogP contribution is -2.24. The smallest absolute Gasteiger partial charge is 0.508 e. The summed E-state index contributed by atoms with van der Waals surface area (Å²) in [4.78, 5) is 10.6. The van der Waals surface area contributed by atoms with Gasteiger partial charge >= 0.3 is 6.16 Å². The van der Waals surface area contributed by atoms with Crippen molar-refractivity contribution in [3.05, 3.63) is 24.5 Å². The van der Waals surface area contributed by atoms with Crippen LogP contribution in [0.2, 0.25) is 19.6 Å². The molecule has 0 fully saturated rings. The lowest BCUT2D eigenvalue weighted by Gasteiger charge is -2.18. The number of rotatable bonds is 5. The topological polar surface area (TPSA) is 44.8 Å². The van der Waals surface area contributed by atoms with Crippen LogP contribution in [0.3, 0.4) is 0 Å². The van der Waals surface area contributed by atoms with E-state index in [9.17, 15) is 4.79 Å². The van der Waals surface area contributed by atoms with Crippen molar-refractivity contribution in [1.82, 2.24) is 0 Å². The molecule has 0 aromatic rings. The van der Waals surface area contributed by atoms with Crippen LogP contribution >= 0.6 is 0 Å². The molecule has 0 saturated carbocycles. The molecule has 0 atom stereocenters. The second-order valence-electron chi connectivity index (χ2n) is 3.85. The van der Waals surface area contributed by atoms with Gasteiger partial charge in [0.25, 0.3) is 0 Å². The van der Waals surface area contributed by atoms with Crippen LogP contribution in [-0.4, -0.2) is 28.2 Å². The van der Waals surface area contributed by atoms with Crippen molar-refractivity contribution in [3.63, 3.8) is 0 Å². The summed E-state index contributed by atoms with van der Waals surface area (Å²) in [6.07, 6.45) is 2.64. The third-order valence-corrected chi connectivity index (χ3v) is 2.08. The zero-order valence-corrected chi connectivity index (χ0v) is 10.7. The molecule has 0 N–H and O–H groups in total. The first kappa shape index (κ1) is 13.8. The molecule has 86 valence electrons. The Kier molecular flexibility index (Phi) is 5.77.